The quantitative estimate of drug-likeness (QED) is 0.549. The van der Waals surface area contributed by atoms with E-state index in [9.17, 15) is 9.65 Å². The van der Waals surface area contributed by atoms with Crippen LogP contribution in [0, 0.1) is 23.1 Å². The molecule has 0 aliphatic heterocycles. The molecular formula is C21H18FN5. The highest BCUT2D eigenvalue weighted by atomic mass is 19.1. The van der Waals surface area contributed by atoms with Crippen LogP contribution in [-0.2, 0) is 0 Å². The predicted octanol–water partition coefficient (Wildman–Crippen LogP) is 4.97. The molecular weight excluding hydrogens is 341 g/mol. The minimum absolute atomic E-state index is 0.138. The lowest BCUT2D eigenvalue weighted by Gasteiger charge is -2.28. The summed E-state index contributed by atoms with van der Waals surface area (Å²) in [6.07, 6.45) is 7.34. The van der Waals surface area contributed by atoms with Crippen molar-refractivity contribution < 1.29 is 4.39 Å². The summed E-state index contributed by atoms with van der Waals surface area (Å²) in [7, 11) is 0. The van der Waals surface area contributed by atoms with E-state index in [0.29, 0.717) is 0 Å². The third-order valence-corrected chi connectivity index (χ3v) is 5.58. The van der Waals surface area contributed by atoms with Crippen molar-refractivity contribution in [1.82, 2.24) is 19.5 Å². The fourth-order valence-electron chi connectivity index (χ4n) is 4.21. The molecule has 0 bridgehead atoms. The van der Waals surface area contributed by atoms with Crippen LogP contribution in [0.25, 0.3) is 33.5 Å². The van der Waals surface area contributed by atoms with Crippen molar-refractivity contribution in [2.24, 2.45) is 5.92 Å². The molecule has 4 aromatic rings. The Morgan fingerprint density at radius 2 is 1.89 bits per heavy atom. The monoisotopic (exact) mass is 359 g/mol. The topological polar surface area (TPSA) is 70.3 Å². The first-order chi connectivity index (χ1) is 13.2. The van der Waals surface area contributed by atoms with Crippen molar-refractivity contribution >= 4 is 22.1 Å². The smallest absolute Gasteiger partial charge is 0.141 e. The van der Waals surface area contributed by atoms with Gasteiger partial charge >= 0.3 is 0 Å². The van der Waals surface area contributed by atoms with Gasteiger partial charge in [0.25, 0.3) is 0 Å². The zero-order chi connectivity index (χ0) is 18.4. The highest BCUT2D eigenvalue weighted by molar-refractivity contribution is 6.02. The summed E-state index contributed by atoms with van der Waals surface area (Å²) in [5, 5.41) is 10.3. The molecule has 0 spiro atoms. The molecule has 27 heavy (non-hydrogen) atoms. The number of aromatic amines is 1. The molecule has 1 aliphatic carbocycles. The molecule has 0 atom stereocenters. The first-order valence-electron chi connectivity index (χ1n) is 9.24. The Bertz CT molecular complexity index is 1160. The first-order valence-corrected chi connectivity index (χ1v) is 9.24. The average Bonchev–Trinajstić information content (AvgIpc) is 3.32. The Balaban J connectivity index is 1.74. The molecule has 1 fully saturated rings. The number of aromatic nitrogens is 4. The fourth-order valence-corrected chi connectivity index (χ4v) is 4.21. The van der Waals surface area contributed by atoms with E-state index in [-0.39, 0.29) is 17.8 Å². The van der Waals surface area contributed by atoms with Gasteiger partial charge in [-0.05, 0) is 56.0 Å². The molecule has 0 saturated heterocycles. The zero-order valence-corrected chi connectivity index (χ0v) is 14.7. The molecule has 0 unspecified atom stereocenters. The Morgan fingerprint density at radius 3 is 2.63 bits per heavy atom. The van der Waals surface area contributed by atoms with Gasteiger partial charge in [0, 0.05) is 29.1 Å². The average molecular weight is 359 g/mol. The van der Waals surface area contributed by atoms with Crippen molar-refractivity contribution in [3.63, 3.8) is 0 Å². The molecule has 5 nitrogen and oxygen atoms in total. The van der Waals surface area contributed by atoms with Crippen LogP contribution in [0.5, 0.6) is 0 Å². The second kappa shape index (κ2) is 6.20. The summed E-state index contributed by atoms with van der Waals surface area (Å²) in [4.78, 5) is 12.5. The summed E-state index contributed by atoms with van der Waals surface area (Å²) in [6, 6.07) is 11.2. The second-order valence-corrected chi connectivity index (χ2v) is 7.18. The molecule has 1 aromatic carbocycles. The van der Waals surface area contributed by atoms with Crippen molar-refractivity contribution in [2.75, 3.05) is 0 Å². The lowest BCUT2D eigenvalue weighted by Crippen LogP contribution is -2.18. The van der Waals surface area contributed by atoms with Gasteiger partial charge in [-0.15, -0.1) is 0 Å². The van der Waals surface area contributed by atoms with Crippen LogP contribution < -0.4 is 0 Å². The number of rotatable bonds is 2. The number of nitriles is 1. The lowest BCUT2D eigenvalue weighted by atomic mass is 9.86. The highest BCUT2D eigenvalue weighted by Gasteiger charge is 2.27. The Morgan fingerprint density at radius 1 is 1.11 bits per heavy atom. The van der Waals surface area contributed by atoms with Crippen molar-refractivity contribution in [1.29, 1.82) is 5.26 Å². The molecule has 0 radical (unpaired) electrons. The van der Waals surface area contributed by atoms with Gasteiger partial charge < -0.3 is 9.55 Å². The van der Waals surface area contributed by atoms with E-state index < -0.39 is 0 Å². The van der Waals surface area contributed by atoms with Crippen LogP contribution in [-0.4, -0.2) is 19.5 Å². The normalized spacial score (nSPS) is 20.1. The molecule has 1 saturated carbocycles. The molecule has 134 valence electrons. The maximum absolute atomic E-state index is 13.4. The standard InChI is InChI=1S/C21H18FN5/c22-15-5-3-14(4-6-15)21-26-18-12-25-20-17(9-10-24-20)19(18)27(21)16-7-1-13(11-23)2-8-16/h3-6,9-10,12-13,16H,1-2,7-8H2,(H,24,25). The number of hydrogen-bond donors (Lipinski definition) is 1. The number of pyridine rings is 1. The van der Waals surface area contributed by atoms with Gasteiger partial charge in [-0.1, -0.05) is 0 Å². The Labute approximate surface area is 155 Å². The molecule has 1 N–H and O–H groups in total. The van der Waals surface area contributed by atoms with Gasteiger partial charge in [-0.3, -0.25) is 0 Å². The van der Waals surface area contributed by atoms with Crippen LogP contribution in [0.15, 0.2) is 42.7 Å². The Hall–Kier alpha value is -3.20. The summed E-state index contributed by atoms with van der Waals surface area (Å²) < 4.78 is 15.7. The van der Waals surface area contributed by atoms with Crippen molar-refractivity contribution in [3.8, 4) is 17.5 Å². The molecule has 3 heterocycles. The van der Waals surface area contributed by atoms with Crippen molar-refractivity contribution in [2.45, 2.75) is 31.7 Å². The summed E-state index contributed by atoms with van der Waals surface area (Å²) in [6.45, 7) is 0. The van der Waals surface area contributed by atoms with Crippen LogP contribution in [0.1, 0.15) is 31.7 Å². The number of nitrogens with zero attached hydrogens (tertiary/aromatic N) is 4. The van der Waals surface area contributed by atoms with E-state index in [0.717, 1.165) is 59.1 Å². The molecule has 1 aliphatic rings. The SMILES string of the molecule is N#CC1CCC(n2c(-c3ccc(F)cc3)nc3cnc4[nH]ccc4c32)CC1. The maximum atomic E-state index is 13.4. The van der Waals surface area contributed by atoms with Crippen molar-refractivity contribution in [3.05, 3.63) is 48.5 Å². The fraction of sp³-hybridized carbons (Fsp3) is 0.286. The van der Waals surface area contributed by atoms with E-state index >= 15 is 0 Å². The first kappa shape index (κ1) is 16.0. The predicted molar refractivity (Wildman–Crippen MR) is 101 cm³/mol. The van der Waals surface area contributed by atoms with E-state index in [1.54, 1.807) is 18.3 Å². The van der Waals surface area contributed by atoms with Gasteiger partial charge in [0.05, 0.1) is 17.8 Å². The summed E-state index contributed by atoms with van der Waals surface area (Å²) in [5.74, 6) is 0.714. The van der Waals surface area contributed by atoms with Gasteiger partial charge in [0.1, 0.15) is 22.8 Å². The van der Waals surface area contributed by atoms with Crippen LogP contribution in [0.3, 0.4) is 0 Å². The number of benzene rings is 1. The molecule has 5 rings (SSSR count). The molecule has 6 heteroatoms. The van der Waals surface area contributed by atoms with E-state index in [1.807, 2.05) is 12.3 Å². The number of nitrogens with one attached hydrogen (secondary N) is 1. The Kier molecular flexibility index (Phi) is 3.68. The van der Waals surface area contributed by atoms with E-state index in [1.165, 1.54) is 12.1 Å². The zero-order valence-electron chi connectivity index (χ0n) is 14.7. The minimum atomic E-state index is -0.259. The van der Waals surface area contributed by atoms with Crippen LogP contribution in [0.2, 0.25) is 0 Å². The number of fused-ring (bicyclic) bond motifs is 3. The third kappa shape index (κ3) is 2.58. The number of hydrogen-bond acceptors (Lipinski definition) is 3. The third-order valence-electron chi connectivity index (χ3n) is 5.58. The van der Waals surface area contributed by atoms with Gasteiger partial charge in [-0.2, -0.15) is 5.26 Å². The molecule has 0 amide bonds. The minimum Gasteiger partial charge on any atom is -0.346 e. The summed E-state index contributed by atoms with van der Waals surface area (Å²) >= 11 is 0. The lowest BCUT2D eigenvalue weighted by molar-refractivity contribution is 0.320. The summed E-state index contributed by atoms with van der Waals surface area (Å²) in [5.41, 5.74) is 3.61. The van der Waals surface area contributed by atoms with Crippen LogP contribution in [0.4, 0.5) is 4.39 Å². The van der Waals surface area contributed by atoms with Gasteiger partial charge in [-0.25, -0.2) is 14.4 Å². The van der Waals surface area contributed by atoms with E-state index in [2.05, 4.69) is 20.6 Å². The van der Waals surface area contributed by atoms with Crippen LogP contribution >= 0.6 is 0 Å². The van der Waals surface area contributed by atoms with Gasteiger partial charge in [0.2, 0.25) is 0 Å². The van der Waals surface area contributed by atoms with E-state index in [4.69, 9.17) is 4.98 Å². The maximum Gasteiger partial charge on any atom is 0.141 e. The second-order valence-electron chi connectivity index (χ2n) is 7.18. The number of halogens is 1. The number of H-pyrrole nitrogens is 1. The highest BCUT2D eigenvalue weighted by Crippen LogP contribution is 2.39. The largest absolute Gasteiger partial charge is 0.346 e. The number of imidazole rings is 1. The molecule has 3 aromatic heterocycles. The van der Waals surface area contributed by atoms with Gasteiger partial charge in [0.15, 0.2) is 0 Å².